The Morgan fingerprint density at radius 3 is 2.66 bits per heavy atom. The fraction of sp³-hybridized carbons (Fsp3) is 0.214. The minimum absolute atomic E-state index is 0.570. The van der Waals surface area contributed by atoms with Crippen molar-refractivity contribution < 1.29 is 0 Å². The van der Waals surface area contributed by atoms with Crippen molar-refractivity contribution in [2.45, 2.75) is 6.92 Å². The van der Waals surface area contributed by atoms with E-state index in [9.17, 15) is 5.26 Å². The van der Waals surface area contributed by atoms with E-state index in [4.69, 9.17) is 9.97 Å². The second-order valence-electron chi connectivity index (χ2n) is 9.27. The first-order valence-electron chi connectivity index (χ1n) is 12.3. The Morgan fingerprint density at radius 1 is 0.974 bits per heavy atom. The fourth-order valence-corrected chi connectivity index (χ4v) is 5.48. The number of pyridine rings is 4. The van der Waals surface area contributed by atoms with Crippen LogP contribution in [0, 0.1) is 18.3 Å². The number of piperazine rings is 1. The van der Waals surface area contributed by atoms with Crippen LogP contribution in [-0.4, -0.2) is 63.0 Å². The van der Waals surface area contributed by atoms with Gasteiger partial charge in [0.25, 0.3) is 0 Å². The Labute approximate surface area is 224 Å². The molecule has 5 aromatic rings. The lowest BCUT2D eigenvalue weighted by Crippen LogP contribution is -2.44. The molecule has 1 saturated heterocycles. The van der Waals surface area contributed by atoms with Gasteiger partial charge in [0.15, 0.2) is 0 Å². The summed E-state index contributed by atoms with van der Waals surface area (Å²) in [4.78, 5) is 27.8. The molecule has 0 saturated carbocycles. The van der Waals surface area contributed by atoms with Gasteiger partial charge < -0.3 is 15.1 Å². The molecule has 1 aliphatic heterocycles. The number of thiazole rings is 1. The Morgan fingerprint density at radius 2 is 1.84 bits per heavy atom. The van der Waals surface area contributed by atoms with Crippen molar-refractivity contribution in [3.05, 3.63) is 72.3 Å². The molecule has 6 rings (SSSR count). The maximum Gasteiger partial charge on any atom is 0.143 e. The van der Waals surface area contributed by atoms with Crippen LogP contribution in [0.15, 0.2) is 61.2 Å². The van der Waals surface area contributed by atoms with E-state index < -0.39 is 0 Å². The number of nitrogens with one attached hydrogen (secondary N) is 1. The van der Waals surface area contributed by atoms with Crippen LogP contribution in [0.1, 0.15) is 11.1 Å². The highest BCUT2D eigenvalue weighted by atomic mass is 32.1. The van der Waals surface area contributed by atoms with E-state index >= 15 is 0 Å². The van der Waals surface area contributed by atoms with Crippen LogP contribution in [-0.2, 0) is 0 Å². The molecule has 0 radical (unpaired) electrons. The normalized spacial score (nSPS) is 14.0. The first kappa shape index (κ1) is 23.9. The summed E-state index contributed by atoms with van der Waals surface area (Å²) in [5, 5.41) is 13.9. The highest BCUT2D eigenvalue weighted by Gasteiger charge is 2.18. The lowest BCUT2D eigenvalue weighted by molar-refractivity contribution is 0.312. The third kappa shape index (κ3) is 4.77. The standard InChI is InChI=1S/C28H25N9S/c1-18-4-3-6-31-27(18)28-33-22-14-24(32-17-23(22)38-28)34-25-12-20(21-16-30-7-5-19(21)15-29)13-26(35-25)37-10-8-36(2)9-11-37/h3-7,12-14,16-17H,8-11H2,1-2H3,(H,32,34,35). The zero-order valence-corrected chi connectivity index (χ0v) is 21.9. The molecule has 1 N–H and O–H groups in total. The van der Waals surface area contributed by atoms with E-state index in [0.717, 1.165) is 69.6 Å². The summed E-state index contributed by atoms with van der Waals surface area (Å²) in [5.41, 5.74) is 5.04. The minimum Gasteiger partial charge on any atom is -0.354 e. The summed E-state index contributed by atoms with van der Waals surface area (Å²) in [6.07, 6.45) is 6.98. The molecule has 0 amide bonds. The number of hydrogen-bond donors (Lipinski definition) is 1. The van der Waals surface area contributed by atoms with Crippen LogP contribution in [0.4, 0.5) is 17.5 Å². The van der Waals surface area contributed by atoms with Crippen LogP contribution in [0.25, 0.3) is 32.0 Å². The van der Waals surface area contributed by atoms with E-state index in [1.807, 2.05) is 43.5 Å². The van der Waals surface area contributed by atoms with Gasteiger partial charge in [-0.1, -0.05) is 6.07 Å². The number of anilines is 3. The van der Waals surface area contributed by atoms with Crippen LogP contribution in [0.3, 0.4) is 0 Å². The van der Waals surface area contributed by atoms with Crippen molar-refractivity contribution in [1.29, 1.82) is 5.26 Å². The largest absolute Gasteiger partial charge is 0.354 e. The number of nitriles is 1. The van der Waals surface area contributed by atoms with Gasteiger partial charge in [-0.25, -0.2) is 15.0 Å². The summed E-state index contributed by atoms with van der Waals surface area (Å²) in [5.74, 6) is 2.15. The van der Waals surface area contributed by atoms with Crippen molar-refractivity contribution in [2.24, 2.45) is 0 Å². The molecule has 0 unspecified atom stereocenters. The molecule has 9 nitrogen and oxygen atoms in total. The van der Waals surface area contributed by atoms with Gasteiger partial charge in [-0.15, -0.1) is 11.3 Å². The van der Waals surface area contributed by atoms with Gasteiger partial charge in [-0.05, 0) is 49.4 Å². The molecule has 0 aromatic carbocycles. The average Bonchev–Trinajstić information content (AvgIpc) is 3.36. The molecule has 5 aromatic heterocycles. The highest BCUT2D eigenvalue weighted by molar-refractivity contribution is 7.21. The molecule has 38 heavy (non-hydrogen) atoms. The van der Waals surface area contributed by atoms with E-state index in [1.165, 1.54) is 0 Å². The number of aryl methyl sites for hydroxylation is 1. The van der Waals surface area contributed by atoms with Gasteiger partial charge in [0.2, 0.25) is 0 Å². The summed E-state index contributed by atoms with van der Waals surface area (Å²) < 4.78 is 0.990. The monoisotopic (exact) mass is 519 g/mol. The van der Waals surface area contributed by atoms with E-state index in [2.05, 4.69) is 43.2 Å². The highest BCUT2D eigenvalue weighted by Crippen LogP contribution is 2.33. The van der Waals surface area contributed by atoms with Crippen LogP contribution in [0.2, 0.25) is 0 Å². The third-order valence-electron chi connectivity index (χ3n) is 6.64. The molecule has 1 aliphatic rings. The summed E-state index contributed by atoms with van der Waals surface area (Å²) >= 11 is 1.58. The lowest BCUT2D eigenvalue weighted by Gasteiger charge is -2.33. The van der Waals surface area contributed by atoms with Gasteiger partial charge in [-0.3, -0.25) is 9.97 Å². The average molecular weight is 520 g/mol. The van der Waals surface area contributed by atoms with Crippen molar-refractivity contribution in [3.63, 3.8) is 0 Å². The maximum atomic E-state index is 9.69. The molecule has 10 heteroatoms. The second-order valence-corrected chi connectivity index (χ2v) is 10.3. The molecule has 6 heterocycles. The van der Waals surface area contributed by atoms with Crippen molar-refractivity contribution >= 4 is 39.0 Å². The summed E-state index contributed by atoms with van der Waals surface area (Å²) in [6, 6.07) is 13.9. The number of hydrogen-bond acceptors (Lipinski definition) is 10. The van der Waals surface area contributed by atoms with Gasteiger partial charge in [0.05, 0.1) is 21.8 Å². The topological polar surface area (TPSA) is 107 Å². The SMILES string of the molecule is Cc1cccnc1-c1nc2cc(Nc3cc(-c4cnccc4C#N)cc(N4CCN(C)CC4)n3)ncc2s1. The number of rotatable bonds is 5. The van der Waals surface area contributed by atoms with Crippen molar-refractivity contribution in [3.8, 4) is 27.9 Å². The van der Waals surface area contributed by atoms with E-state index in [-0.39, 0.29) is 0 Å². The molecule has 1 fully saturated rings. The van der Waals surface area contributed by atoms with Crippen LogP contribution < -0.4 is 10.2 Å². The van der Waals surface area contributed by atoms with Gasteiger partial charge in [0.1, 0.15) is 28.2 Å². The molecule has 0 bridgehead atoms. The quantitative estimate of drug-likeness (QED) is 0.347. The fourth-order valence-electron chi connectivity index (χ4n) is 4.50. The first-order valence-corrected chi connectivity index (χ1v) is 13.1. The minimum atomic E-state index is 0.570. The summed E-state index contributed by atoms with van der Waals surface area (Å²) in [7, 11) is 2.13. The van der Waals surface area contributed by atoms with Crippen molar-refractivity contribution in [1.82, 2.24) is 29.8 Å². The van der Waals surface area contributed by atoms with Crippen LogP contribution in [0.5, 0.6) is 0 Å². The molecule has 0 aliphatic carbocycles. The predicted molar refractivity (Wildman–Crippen MR) is 151 cm³/mol. The molecule has 0 spiro atoms. The number of nitrogens with zero attached hydrogens (tertiary/aromatic N) is 8. The number of fused-ring (bicyclic) bond motifs is 1. The second kappa shape index (κ2) is 10.1. The Bertz CT molecular complexity index is 1670. The molecule has 188 valence electrons. The predicted octanol–water partition coefficient (Wildman–Crippen LogP) is 4.89. The van der Waals surface area contributed by atoms with E-state index in [0.29, 0.717) is 17.2 Å². The van der Waals surface area contributed by atoms with Gasteiger partial charge in [0, 0.05) is 62.6 Å². The van der Waals surface area contributed by atoms with Gasteiger partial charge >= 0.3 is 0 Å². The van der Waals surface area contributed by atoms with E-state index in [1.54, 1.807) is 36.0 Å². The zero-order chi connectivity index (χ0) is 26.1. The molecule has 0 atom stereocenters. The molecular formula is C28H25N9S. The first-order chi connectivity index (χ1) is 18.6. The molecular weight excluding hydrogens is 494 g/mol. The Balaban J connectivity index is 1.37. The lowest BCUT2D eigenvalue weighted by atomic mass is 10.0. The number of aromatic nitrogens is 5. The smallest absolute Gasteiger partial charge is 0.143 e. The zero-order valence-electron chi connectivity index (χ0n) is 21.1. The van der Waals surface area contributed by atoms with Gasteiger partial charge in [-0.2, -0.15) is 5.26 Å². The van der Waals surface area contributed by atoms with Crippen LogP contribution >= 0.6 is 11.3 Å². The summed E-state index contributed by atoms with van der Waals surface area (Å²) in [6.45, 7) is 5.72. The van der Waals surface area contributed by atoms with Crippen molar-refractivity contribution in [2.75, 3.05) is 43.4 Å². The third-order valence-corrected chi connectivity index (χ3v) is 7.65. The maximum absolute atomic E-state index is 9.69. The number of likely N-dealkylation sites (N-methyl/N-ethyl adjacent to an activating group) is 1. The Hall–Kier alpha value is -4.46. The Kier molecular flexibility index (Phi) is 6.37.